The molecule has 1 saturated carbocycles. The summed E-state index contributed by atoms with van der Waals surface area (Å²) in [7, 11) is 0. The molecule has 1 aromatic rings. The summed E-state index contributed by atoms with van der Waals surface area (Å²) < 4.78 is 0. The lowest BCUT2D eigenvalue weighted by molar-refractivity contribution is 0.430. The maximum absolute atomic E-state index is 3.38. The van der Waals surface area contributed by atoms with E-state index in [-0.39, 0.29) is 0 Å². The van der Waals surface area contributed by atoms with E-state index in [0.29, 0.717) is 5.92 Å². The molecule has 1 aromatic heterocycles. The van der Waals surface area contributed by atoms with E-state index in [1.807, 2.05) is 0 Å². The summed E-state index contributed by atoms with van der Waals surface area (Å²) in [6.07, 6.45) is 6.81. The Labute approximate surface area is 84.0 Å². The van der Waals surface area contributed by atoms with Crippen molar-refractivity contribution < 1.29 is 0 Å². The Morgan fingerprint density at radius 1 is 1.23 bits per heavy atom. The third-order valence-electron chi connectivity index (χ3n) is 2.53. The van der Waals surface area contributed by atoms with Gasteiger partial charge in [-0.3, -0.25) is 0 Å². The van der Waals surface area contributed by atoms with Crippen molar-refractivity contribution in [1.29, 1.82) is 0 Å². The van der Waals surface area contributed by atoms with Gasteiger partial charge in [0.25, 0.3) is 0 Å². The van der Waals surface area contributed by atoms with Crippen molar-refractivity contribution in [2.24, 2.45) is 5.92 Å². The Balaban J connectivity index is 1.95. The minimum absolute atomic E-state index is 0.677. The molecule has 13 heavy (non-hydrogen) atoms. The second-order valence-corrected chi connectivity index (χ2v) is 4.53. The Bertz CT molecular complexity index is 294. The third kappa shape index (κ3) is 2.60. The van der Waals surface area contributed by atoms with E-state index in [0.717, 1.165) is 0 Å². The van der Waals surface area contributed by atoms with E-state index >= 15 is 0 Å². The zero-order valence-corrected chi connectivity index (χ0v) is 8.57. The van der Waals surface area contributed by atoms with E-state index in [1.165, 1.54) is 37.0 Å². The van der Waals surface area contributed by atoms with Crippen molar-refractivity contribution in [2.45, 2.75) is 32.1 Å². The molecule has 0 unspecified atom stereocenters. The molecule has 1 heterocycles. The van der Waals surface area contributed by atoms with Crippen LogP contribution in [0.3, 0.4) is 0 Å². The highest BCUT2D eigenvalue weighted by Crippen LogP contribution is 2.22. The SMILES string of the molecule is C(#CC1CCCCC1)c1cccs1. The minimum atomic E-state index is 0.677. The van der Waals surface area contributed by atoms with Gasteiger partial charge in [0, 0.05) is 5.92 Å². The normalized spacial score (nSPS) is 17.8. The lowest BCUT2D eigenvalue weighted by Crippen LogP contribution is -2.02. The van der Waals surface area contributed by atoms with Gasteiger partial charge < -0.3 is 0 Å². The first kappa shape index (κ1) is 8.84. The van der Waals surface area contributed by atoms with Gasteiger partial charge in [0.05, 0.1) is 4.88 Å². The Kier molecular flexibility index (Phi) is 3.05. The van der Waals surface area contributed by atoms with Gasteiger partial charge in [0.1, 0.15) is 0 Å². The molecule has 0 amide bonds. The van der Waals surface area contributed by atoms with Gasteiger partial charge in [-0.1, -0.05) is 37.2 Å². The Hall–Kier alpha value is -0.740. The summed E-state index contributed by atoms with van der Waals surface area (Å²) >= 11 is 1.74. The molecule has 0 spiro atoms. The van der Waals surface area contributed by atoms with Crippen molar-refractivity contribution in [1.82, 2.24) is 0 Å². The molecule has 0 aliphatic heterocycles. The van der Waals surface area contributed by atoms with E-state index in [4.69, 9.17) is 0 Å². The molecule has 0 saturated heterocycles. The molecule has 0 atom stereocenters. The van der Waals surface area contributed by atoms with Crippen molar-refractivity contribution >= 4 is 11.3 Å². The molecule has 0 aromatic carbocycles. The fourth-order valence-corrected chi connectivity index (χ4v) is 2.35. The van der Waals surface area contributed by atoms with Crippen LogP contribution in [0.15, 0.2) is 17.5 Å². The maximum atomic E-state index is 3.38. The van der Waals surface area contributed by atoms with Crippen LogP contribution in [0, 0.1) is 17.8 Å². The van der Waals surface area contributed by atoms with Crippen molar-refractivity contribution in [3.63, 3.8) is 0 Å². The molecule has 1 aliphatic carbocycles. The molecule has 0 radical (unpaired) electrons. The van der Waals surface area contributed by atoms with Crippen LogP contribution in [0.2, 0.25) is 0 Å². The quantitative estimate of drug-likeness (QED) is 0.547. The fraction of sp³-hybridized carbons (Fsp3) is 0.500. The minimum Gasteiger partial charge on any atom is -0.135 e. The van der Waals surface area contributed by atoms with Crippen LogP contribution >= 0.6 is 11.3 Å². The molecular formula is C12H14S. The third-order valence-corrected chi connectivity index (χ3v) is 3.31. The standard InChI is InChI=1S/C12H14S/c1-2-5-11(6-3-1)8-9-12-7-4-10-13-12/h4,7,10-11H,1-3,5-6H2. The predicted octanol–water partition coefficient (Wildman–Crippen LogP) is 3.68. The number of rotatable bonds is 0. The monoisotopic (exact) mass is 190 g/mol. The highest BCUT2D eigenvalue weighted by molar-refractivity contribution is 7.10. The lowest BCUT2D eigenvalue weighted by Gasteiger charge is -2.15. The van der Waals surface area contributed by atoms with Crippen molar-refractivity contribution in [2.75, 3.05) is 0 Å². The van der Waals surface area contributed by atoms with Crippen molar-refractivity contribution in [3.05, 3.63) is 22.4 Å². The number of hydrogen-bond donors (Lipinski definition) is 0. The first-order chi connectivity index (χ1) is 6.45. The molecule has 0 bridgehead atoms. The van der Waals surface area contributed by atoms with Crippen LogP contribution in [-0.2, 0) is 0 Å². The second-order valence-electron chi connectivity index (χ2n) is 3.58. The molecule has 68 valence electrons. The number of hydrogen-bond acceptors (Lipinski definition) is 1. The average Bonchev–Trinajstić information content (AvgIpc) is 2.69. The van der Waals surface area contributed by atoms with Crippen LogP contribution in [0.5, 0.6) is 0 Å². The molecule has 1 fully saturated rings. The smallest absolute Gasteiger partial charge is 0.0768 e. The summed E-state index contributed by atoms with van der Waals surface area (Å²) in [5.41, 5.74) is 0. The van der Waals surface area contributed by atoms with Gasteiger partial charge >= 0.3 is 0 Å². The van der Waals surface area contributed by atoms with Crippen LogP contribution in [0.1, 0.15) is 37.0 Å². The molecular weight excluding hydrogens is 176 g/mol. The summed E-state index contributed by atoms with van der Waals surface area (Å²) in [6, 6.07) is 4.16. The van der Waals surface area contributed by atoms with E-state index < -0.39 is 0 Å². The van der Waals surface area contributed by atoms with Crippen LogP contribution < -0.4 is 0 Å². The fourth-order valence-electron chi connectivity index (χ4n) is 1.77. The molecule has 2 rings (SSSR count). The van der Waals surface area contributed by atoms with Gasteiger partial charge in [0.15, 0.2) is 0 Å². The zero-order chi connectivity index (χ0) is 8.93. The van der Waals surface area contributed by atoms with E-state index in [2.05, 4.69) is 29.4 Å². The van der Waals surface area contributed by atoms with Crippen LogP contribution in [0.4, 0.5) is 0 Å². The summed E-state index contributed by atoms with van der Waals surface area (Å²) in [6.45, 7) is 0. The zero-order valence-electron chi connectivity index (χ0n) is 7.75. The van der Waals surface area contributed by atoms with E-state index in [9.17, 15) is 0 Å². The highest BCUT2D eigenvalue weighted by atomic mass is 32.1. The van der Waals surface area contributed by atoms with Crippen LogP contribution in [0.25, 0.3) is 0 Å². The Morgan fingerprint density at radius 2 is 2.08 bits per heavy atom. The first-order valence-electron chi connectivity index (χ1n) is 5.00. The highest BCUT2D eigenvalue weighted by Gasteiger charge is 2.09. The first-order valence-corrected chi connectivity index (χ1v) is 5.88. The predicted molar refractivity (Wildman–Crippen MR) is 57.8 cm³/mol. The second kappa shape index (κ2) is 4.48. The van der Waals surface area contributed by atoms with E-state index in [1.54, 1.807) is 11.3 Å². The topological polar surface area (TPSA) is 0 Å². The van der Waals surface area contributed by atoms with Crippen LogP contribution in [-0.4, -0.2) is 0 Å². The molecule has 0 N–H and O–H groups in total. The van der Waals surface area contributed by atoms with Gasteiger partial charge in [0.2, 0.25) is 0 Å². The largest absolute Gasteiger partial charge is 0.135 e. The van der Waals surface area contributed by atoms with Gasteiger partial charge in [-0.05, 0) is 24.3 Å². The average molecular weight is 190 g/mol. The molecule has 1 heteroatoms. The molecule has 1 aliphatic rings. The summed E-state index contributed by atoms with van der Waals surface area (Å²) in [5.74, 6) is 7.32. The molecule has 0 nitrogen and oxygen atoms in total. The van der Waals surface area contributed by atoms with Gasteiger partial charge in [-0.25, -0.2) is 0 Å². The number of thiophene rings is 1. The van der Waals surface area contributed by atoms with Gasteiger partial charge in [-0.15, -0.1) is 11.3 Å². The lowest BCUT2D eigenvalue weighted by atomic mass is 9.90. The maximum Gasteiger partial charge on any atom is 0.0768 e. The summed E-state index contributed by atoms with van der Waals surface area (Å²) in [4.78, 5) is 1.21. The van der Waals surface area contributed by atoms with Gasteiger partial charge in [-0.2, -0.15) is 0 Å². The van der Waals surface area contributed by atoms with Crippen molar-refractivity contribution in [3.8, 4) is 11.8 Å². The Morgan fingerprint density at radius 3 is 2.77 bits per heavy atom. The summed E-state index contributed by atoms with van der Waals surface area (Å²) in [5, 5.41) is 2.09.